The topological polar surface area (TPSA) is 92.7 Å². The molecular formula is C52H72O8. The molecule has 8 heteroatoms. The molecule has 0 amide bonds. The van der Waals surface area contributed by atoms with Crippen LogP contribution in [-0.4, -0.2) is 29.4 Å². The van der Waals surface area contributed by atoms with Gasteiger partial charge in [0, 0.05) is 0 Å². The Morgan fingerprint density at radius 3 is 1.08 bits per heavy atom. The minimum Gasteiger partial charge on any atom is -0.491 e. The third kappa shape index (κ3) is 17.8. The molecule has 8 nitrogen and oxygen atoms in total. The first-order chi connectivity index (χ1) is 29.2. The maximum Gasteiger partial charge on any atom is 0.335 e. The van der Waals surface area contributed by atoms with Crippen LogP contribution in [0.25, 0.3) is 0 Å². The third-order valence-corrected chi connectivity index (χ3v) is 10.6. The second-order valence-corrected chi connectivity index (χ2v) is 16.2. The standard InChI is InChI=1S/C52H72O8/c1-7-10-13-16-19-39(4)58-46-28-22-42(23-29-46)36-55-49-34-45(52(53)54)35-50(56-37-43-24-30-47(31-25-43)59-40(5)20-17-14-11-8-2)51(49)57-38-44-26-32-48(33-27-44)60-41(6)21-18-15-12-9-3/h22-35,39-41H,7-21,36-38H2,1-6H3,(H,53,54)/t39-,40-,41-/m0/s1. The Kier molecular flexibility index (Phi) is 21.6. The molecular weight excluding hydrogens is 753 g/mol. The normalized spacial score (nSPS) is 12.6. The summed E-state index contributed by atoms with van der Waals surface area (Å²) in [7, 11) is 0. The Morgan fingerprint density at radius 1 is 0.467 bits per heavy atom. The molecule has 4 rings (SSSR count). The lowest BCUT2D eigenvalue weighted by Crippen LogP contribution is -2.11. The summed E-state index contributed by atoms with van der Waals surface area (Å²) in [5.41, 5.74) is 2.76. The van der Waals surface area contributed by atoms with Crippen LogP contribution in [0.5, 0.6) is 34.5 Å². The average molecular weight is 825 g/mol. The minimum atomic E-state index is -1.10. The predicted molar refractivity (Wildman–Crippen MR) is 242 cm³/mol. The van der Waals surface area contributed by atoms with Crippen LogP contribution in [0, 0.1) is 0 Å². The van der Waals surface area contributed by atoms with Crippen molar-refractivity contribution in [2.24, 2.45) is 0 Å². The van der Waals surface area contributed by atoms with Gasteiger partial charge >= 0.3 is 5.97 Å². The maximum absolute atomic E-state index is 12.4. The molecule has 0 unspecified atom stereocenters. The smallest absolute Gasteiger partial charge is 0.335 e. The van der Waals surface area contributed by atoms with Crippen LogP contribution in [0.15, 0.2) is 84.9 Å². The fourth-order valence-electron chi connectivity index (χ4n) is 6.98. The van der Waals surface area contributed by atoms with E-state index in [-0.39, 0.29) is 55.2 Å². The summed E-state index contributed by atoms with van der Waals surface area (Å²) in [6.07, 6.45) is 18.0. The number of hydrogen-bond acceptors (Lipinski definition) is 7. The SMILES string of the molecule is CCCCCC[C@H](C)Oc1ccc(COc2cc(C(=O)O)cc(OCc3ccc(O[C@@H](C)CCCCCC)cc3)c2OCc2ccc(O[C@@H](C)CCCCCC)cc2)cc1. The summed E-state index contributed by atoms with van der Waals surface area (Å²) in [6, 6.07) is 26.6. The van der Waals surface area contributed by atoms with E-state index in [1.807, 2.05) is 72.8 Å². The fraction of sp³-hybridized carbons (Fsp3) is 0.519. The predicted octanol–water partition coefficient (Wildman–Crippen LogP) is 14.3. The van der Waals surface area contributed by atoms with Crippen molar-refractivity contribution in [1.29, 1.82) is 0 Å². The summed E-state index contributed by atoms with van der Waals surface area (Å²) in [5, 5.41) is 10.1. The van der Waals surface area contributed by atoms with E-state index < -0.39 is 5.97 Å². The molecule has 0 saturated carbocycles. The van der Waals surface area contributed by atoms with E-state index in [1.54, 1.807) is 0 Å². The van der Waals surface area contributed by atoms with Crippen LogP contribution >= 0.6 is 0 Å². The first-order valence-corrected chi connectivity index (χ1v) is 22.7. The number of benzene rings is 4. The largest absolute Gasteiger partial charge is 0.491 e. The monoisotopic (exact) mass is 825 g/mol. The molecule has 328 valence electrons. The zero-order valence-electron chi connectivity index (χ0n) is 37.3. The molecule has 4 aromatic carbocycles. The lowest BCUT2D eigenvalue weighted by Gasteiger charge is -2.19. The van der Waals surface area contributed by atoms with Crippen molar-refractivity contribution in [2.75, 3.05) is 0 Å². The Labute approximate surface area is 360 Å². The molecule has 0 aliphatic heterocycles. The zero-order valence-corrected chi connectivity index (χ0v) is 37.3. The molecule has 0 heterocycles. The van der Waals surface area contributed by atoms with E-state index in [2.05, 4.69) is 41.5 Å². The van der Waals surface area contributed by atoms with E-state index in [0.29, 0.717) is 5.75 Å². The van der Waals surface area contributed by atoms with Gasteiger partial charge in [-0.1, -0.05) is 115 Å². The molecule has 0 spiro atoms. The van der Waals surface area contributed by atoms with Gasteiger partial charge in [-0.2, -0.15) is 0 Å². The van der Waals surface area contributed by atoms with Gasteiger partial charge in [-0.05, 0) is 125 Å². The number of rotatable bonds is 31. The molecule has 0 aromatic heterocycles. The highest BCUT2D eigenvalue weighted by atomic mass is 16.5. The molecule has 0 radical (unpaired) electrons. The van der Waals surface area contributed by atoms with Gasteiger partial charge in [-0.25, -0.2) is 4.79 Å². The summed E-state index contributed by atoms with van der Waals surface area (Å²) in [5.74, 6) is 2.22. The highest BCUT2D eigenvalue weighted by molar-refractivity contribution is 5.89. The number of hydrogen-bond donors (Lipinski definition) is 1. The highest BCUT2D eigenvalue weighted by Crippen LogP contribution is 2.41. The third-order valence-electron chi connectivity index (χ3n) is 10.6. The van der Waals surface area contributed by atoms with Crippen LogP contribution in [0.1, 0.15) is 165 Å². The second-order valence-electron chi connectivity index (χ2n) is 16.2. The van der Waals surface area contributed by atoms with Gasteiger partial charge in [-0.15, -0.1) is 0 Å². The first kappa shape index (κ1) is 47.8. The van der Waals surface area contributed by atoms with Crippen molar-refractivity contribution in [3.63, 3.8) is 0 Å². The number of carbonyl (C=O) groups is 1. The van der Waals surface area contributed by atoms with Gasteiger partial charge < -0.3 is 33.5 Å². The number of unbranched alkanes of at least 4 members (excludes halogenated alkanes) is 9. The van der Waals surface area contributed by atoms with Crippen molar-refractivity contribution >= 4 is 5.97 Å². The fourth-order valence-corrected chi connectivity index (χ4v) is 6.98. The average Bonchev–Trinajstić information content (AvgIpc) is 3.25. The quantitative estimate of drug-likeness (QED) is 0.0502. The van der Waals surface area contributed by atoms with Gasteiger partial charge in [0.25, 0.3) is 0 Å². The van der Waals surface area contributed by atoms with Crippen molar-refractivity contribution in [3.05, 3.63) is 107 Å². The van der Waals surface area contributed by atoms with Gasteiger partial charge in [0.05, 0.1) is 23.9 Å². The Bertz CT molecular complexity index is 1680. The van der Waals surface area contributed by atoms with Crippen LogP contribution in [0.2, 0.25) is 0 Å². The highest BCUT2D eigenvalue weighted by Gasteiger charge is 2.20. The first-order valence-electron chi connectivity index (χ1n) is 22.7. The number of carboxylic acids is 1. The molecule has 0 aliphatic carbocycles. The van der Waals surface area contributed by atoms with E-state index in [9.17, 15) is 9.90 Å². The summed E-state index contributed by atoms with van der Waals surface area (Å²) >= 11 is 0. The van der Waals surface area contributed by atoms with Crippen molar-refractivity contribution < 1.29 is 38.3 Å². The molecule has 0 saturated heterocycles. The van der Waals surface area contributed by atoms with Crippen molar-refractivity contribution in [1.82, 2.24) is 0 Å². The lowest BCUT2D eigenvalue weighted by molar-refractivity contribution is 0.0695. The molecule has 0 bridgehead atoms. The Morgan fingerprint density at radius 2 is 0.783 bits per heavy atom. The van der Waals surface area contributed by atoms with E-state index in [4.69, 9.17) is 28.4 Å². The molecule has 3 atom stereocenters. The van der Waals surface area contributed by atoms with Crippen molar-refractivity contribution in [3.8, 4) is 34.5 Å². The maximum atomic E-state index is 12.4. The lowest BCUT2D eigenvalue weighted by atomic mass is 10.1. The Balaban J connectivity index is 1.48. The summed E-state index contributed by atoms with van der Waals surface area (Å²) < 4.78 is 37.7. The van der Waals surface area contributed by atoms with Gasteiger partial charge in [0.15, 0.2) is 11.5 Å². The second kappa shape index (κ2) is 27.1. The molecule has 4 aromatic rings. The van der Waals surface area contributed by atoms with Gasteiger partial charge in [0.1, 0.15) is 37.1 Å². The number of aromatic carboxylic acids is 1. The summed E-state index contributed by atoms with van der Waals surface area (Å²) in [6.45, 7) is 13.6. The molecule has 60 heavy (non-hydrogen) atoms. The number of carboxylic acid groups (broad SMARTS) is 1. The Hall–Kier alpha value is -4.85. The minimum absolute atomic E-state index is 0.0333. The van der Waals surface area contributed by atoms with Gasteiger partial charge in [-0.3, -0.25) is 0 Å². The van der Waals surface area contributed by atoms with E-state index in [0.717, 1.165) is 72.5 Å². The molecule has 0 aliphatic rings. The molecule has 1 N–H and O–H groups in total. The van der Waals surface area contributed by atoms with Crippen molar-refractivity contribution in [2.45, 2.75) is 176 Å². The molecule has 0 fully saturated rings. The summed E-state index contributed by atoms with van der Waals surface area (Å²) in [4.78, 5) is 12.4. The van der Waals surface area contributed by atoms with Crippen LogP contribution in [-0.2, 0) is 19.8 Å². The van der Waals surface area contributed by atoms with E-state index >= 15 is 0 Å². The van der Waals surface area contributed by atoms with Crippen LogP contribution < -0.4 is 28.4 Å². The van der Waals surface area contributed by atoms with E-state index in [1.165, 1.54) is 69.9 Å². The zero-order chi connectivity index (χ0) is 43.0. The number of ether oxygens (including phenoxy) is 6. The van der Waals surface area contributed by atoms with Crippen LogP contribution in [0.3, 0.4) is 0 Å². The van der Waals surface area contributed by atoms with Gasteiger partial charge in [0.2, 0.25) is 5.75 Å². The van der Waals surface area contributed by atoms with Crippen LogP contribution in [0.4, 0.5) is 0 Å².